The molecule has 0 spiro atoms. The van der Waals surface area contributed by atoms with Gasteiger partial charge in [-0.2, -0.15) is 0 Å². The van der Waals surface area contributed by atoms with Gasteiger partial charge in [0, 0.05) is 29.6 Å². The van der Waals surface area contributed by atoms with Gasteiger partial charge in [0.2, 0.25) is 0 Å². The number of benzene rings is 2. The largest absolute Gasteiger partial charge is 0.422 e. The van der Waals surface area contributed by atoms with Gasteiger partial charge in [-0.15, -0.1) is 0 Å². The highest BCUT2D eigenvalue weighted by atomic mass is 16.4. The number of carbonyl (C=O) groups is 1. The van der Waals surface area contributed by atoms with E-state index < -0.39 is 0 Å². The van der Waals surface area contributed by atoms with Crippen LogP contribution in [-0.2, 0) is 0 Å². The van der Waals surface area contributed by atoms with E-state index in [-0.39, 0.29) is 17.6 Å². The average molecular weight is 374 g/mol. The summed E-state index contributed by atoms with van der Waals surface area (Å²) >= 11 is 0. The molecule has 3 aromatic rings. The van der Waals surface area contributed by atoms with Crippen molar-refractivity contribution >= 4 is 16.9 Å². The predicted octanol–water partition coefficient (Wildman–Crippen LogP) is 3.43. The first-order valence-electron chi connectivity index (χ1n) is 9.87. The van der Waals surface area contributed by atoms with E-state index in [4.69, 9.17) is 4.42 Å². The number of carbonyl (C=O) groups excluding carboxylic acids is 1. The molecule has 2 aliphatic rings. The molecule has 1 amide bonds. The molecule has 5 nitrogen and oxygen atoms in total. The molecule has 2 saturated heterocycles. The van der Waals surface area contributed by atoms with Gasteiger partial charge in [-0.1, -0.05) is 30.3 Å². The number of nitrogens with one attached hydrogen (secondary N) is 1. The summed E-state index contributed by atoms with van der Waals surface area (Å²) in [6, 6.07) is 17.2. The topological polar surface area (TPSA) is 62.6 Å². The number of hydrogen-bond acceptors (Lipinski definition) is 4. The minimum Gasteiger partial charge on any atom is -0.422 e. The van der Waals surface area contributed by atoms with Gasteiger partial charge < -0.3 is 14.6 Å². The Hall–Kier alpha value is -2.92. The molecular formula is C23H22N2O3. The molecule has 28 heavy (non-hydrogen) atoms. The summed E-state index contributed by atoms with van der Waals surface area (Å²) in [4.78, 5) is 27.9. The van der Waals surface area contributed by atoms with Crippen LogP contribution in [0, 0.1) is 0 Å². The molecule has 1 N–H and O–H groups in total. The minimum absolute atomic E-state index is 0.0585. The van der Waals surface area contributed by atoms with E-state index in [2.05, 4.69) is 10.2 Å². The van der Waals surface area contributed by atoms with Crippen molar-refractivity contribution in [2.24, 2.45) is 0 Å². The Labute approximate surface area is 163 Å². The molecule has 2 aliphatic heterocycles. The van der Waals surface area contributed by atoms with Crippen molar-refractivity contribution in [1.82, 2.24) is 10.2 Å². The summed E-state index contributed by atoms with van der Waals surface area (Å²) in [7, 11) is 0. The zero-order chi connectivity index (χ0) is 19.1. The van der Waals surface area contributed by atoms with Crippen LogP contribution in [0.3, 0.4) is 0 Å². The Bertz CT molecular complexity index is 1090. The van der Waals surface area contributed by atoms with Crippen LogP contribution in [-0.4, -0.2) is 36.0 Å². The number of para-hydroxylation sites is 1. The summed E-state index contributed by atoms with van der Waals surface area (Å²) in [5.74, 6) is 0.0585. The van der Waals surface area contributed by atoms with Gasteiger partial charge in [0.05, 0.1) is 5.56 Å². The molecule has 0 aliphatic carbocycles. The summed E-state index contributed by atoms with van der Waals surface area (Å²) in [6.45, 7) is 1.82. The van der Waals surface area contributed by atoms with Crippen LogP contribution in [0.4, 0.5) is 0 Å². The normalized spacial score (nSPS) is 21.6. The fraction of sp³-hybridized carbons (Fsp3) is 0.304. The van der Waals surface area contributed by atoms with Crippen LogP contribution in [0.5, 0.6) is 0 Å². The molecule has 2 fully saturated rings. The van der Waals surface area contributed by atoms with E-state index >= 15 is 0 Å². The highest BCUT2D eigenvalue weighted by molar-refractivity contribution is 5.96. The van der Waals surface area contributed by atoms with E-state index in [0.29, 0.717) is 28.3 Å². The molecular weight excluding hydrogens is 352 g/mol. The summed E-state index contributed by atoms with van der Waals surface area (Å²) in [5, 5.41) is 4.30. The van der Waals surface area contributed by atoms with Crippen LogP contribution in [0.2, 0.25) is 0 Å². The highest BCUT2D eigenvalue weighted by Gasteiger charge is 2.38. The Kier molecular flexibility index (Phi) is 4.24. The zero-order valence-electron chi connectivity index (χ0n) is 15.6. The fourth-order valence-corrected chi connectivity index (χ4v) is 4.55. The van der Waals surface area contributed by atoms with Gasteiger partial charge in [-0.25, -0.2) is 4.79 Å². The second-order valence-corrected chi connectivity index (χ2v) is 7.66. The zero-order valence-corrected chi connectivity index (χ0v) is 15.6. The fourth-order valence-electron chi connectivity index (χ4n) is 4.55. The Morgan fingerprint density at radius 1 is 1.00 bits per heavy atom. The summed E-state index contributed by atoms with van der Waals surface area (Å²) in [6.07, 6.45) is 3.12. The van der Waals surface area contributed by atoms with E-state index in [0.717, 1.165) is 37.7 Å². The van der Waals surface area contributed by atoms with Gasteiger partial charge in [-0.05, 0) is 55.6 Å². The molecule has 5 heteroatoms. The number of nitrogens with zero attached hydrogens (tertiary/aromatic N) is 1. The quantitative estimate of drug-likeness (QED) is 0.698. The molecule has 2 bridgehead atoms. The van der Waals surface area contributed by atoms with E-state index in [1.807, 2.05) is 48.5 Å². The number of fused-ring (bicyclic) bond motifs is 3. The first-order valence-corrected chi connectivity index (χ1v) is 9.87. The van der Waals surface area contributed by atoms with Crippen LogP contribution in [0.25, 0.3) is 22.1 Å². The van der Waals surface area contributed by atoms with Crippen molar-refractivity contribution in [2.45, 2.75) is 31.3 Å². The van der Waals surface area contributed by atoms with Crippen LogP contribution in [0.15, 0.2) is 63.8 Å². The monoisotopic (exact) mass is 374 g/mol. The molecule has 1 aromatic heterocycles. The molecule has 2 atom stereocenters. The van der Waals surface area contributed by atoms with Crippen molar-refractivity contribution in [3.8, 4) is 11.1 Å². The van der Waals surface area contributed by atoms with Crippen molar-refractivity contribution in [3.05, 3.63) is 70.6 Å². The minimum atomic E-state index is -0.387. The van der Waals surface area contributed by atoms with Crippen molar-refractivity contribution in [2.75, 3.05) is 13.1 Å². The first kappa shape index (κ1) is 17.2. The molecule has 0 radical (unpaired) electrons. The summed E-state index contributed by atoms with van der Waals surface area (Å²) < 4.78 is 5.47. The Morgan fingerprint density at radius 2 is 1.86 bits per heavy atom. The molecule has 2 aromatic carbocycles. The Morgan fingerprint density at radius 3 is 2.79 bits per heavy atom. The van der Waals surface area contributed by atoms with Gasteiger partial charge >= 0.3 is 5.63 Å². The maximum atomic E-state index is 13.3. The number of rotatable bonds is 2. The van der Waals surface area contributed by atoms with Crippen molar-refractivity contribution in [3.63, 3.8) is 0 Å². The van der Waals surface area contributed by atoms with Gasteiger partial charge in [0.1, 0.15) is 5.58 Å². The molecule has 3 heterocycles. The lowest BCUT2D eigenvalue weighted by molar-refractivity contribution is 0.0680. The predicted molar refractivity (Wildman–Crippen MR) is 108 cm³/mol. The van der Waals surface area contributed by atoms with Gasteiger partial charge in [-0.3, -0.25) is 4.79 Å². The first-order chi connectivity index (χ1) is 13.7. The Balaban J connectivity index is 1.53. The van der Waals surface area contributed by atoms with E-state index in [9.17, 15) is 9.59 Å². The molecule has 0 saturated carbocycles. The molecule has 0 unspecified atom stereocenters. The maximum Gasteiger partial charge on any atom is 0.344 e. The van der Waals surface area contributed by atoms with Crippen LogP contribution >= 0.6 is 0 Å². The van der Waals surface area contributed by atoms with Crippen LogP contribution < -0.4 is 10.9 Å². The van der Waals surface area contributed by atoms with Crippen molar-refractivity contribution in [1.29, 1.82) is 0 Å². The smallest absolute Gasteiger partial charge is 0.344 e. The van der Waals surface area contributed by atoms with E-state index in [1.165, 1.54) is 0 Å². The molecule has 5 rings (SSSR count). The lowest BCUT2D eigenvalue weighted by atomic mass is 10.0. The van der Waals surface area contributed by atoms with Crippen LogP contribution in [0.1, 0.15) is 29.6 Å². The molecule has 142 valence electrons. The number of hydrogen-bond donors (Lipinski definition) is 1. The number of amides is 1. The lowest BCUT2D eigenvalue weighted by Crippen LogP contribution is -2.42. The SMILES string of the molecule is O=C(c1cccc(-c2cc3ccccc3oc2=O)c1)N1[C@H]2CCNC[C@@H]1CC2. The second-order valence-electron chi connectivity index (χ2n) is 7.66. The lowest BCUT2D eigenvalue weighted by Gasteiger charge is -2.28. The highest BCUT2D eigenvalue weighted by Crippen LogP contribution is 2.30. The van der Waals surface area contributed by atoms with Gasteiger partial charge in [0.15, 0.2) is 0 Å². The van der Waals surface area contributed by atoms with Gasteiger partial charge in [0.25, 0.3) is 5.91 Å². The third-order valence-corrected chi connectivity index (χ3v) is 5.95. The van der Waals surface area contributed by atoms with Crippen molar-refractivity contribution < 1.29 is 9.21 Å². The van der Waals surface area contributed by atoms with E-state index in [1.54, 1.807) is 6.07 Å². The third kappa shape index (κ3) is 2.92. The second kappa shape index (κ2) is 6.91. The maximum absolute atomic E-state index is 13.3. The summed E-state index contributed by atoms with van der Waals surface area (Å²) in [5.41, 5.74) is 2.00. The average Bonchev–Trinajstić information content (AvgIpc) is 2.99. The standard InChI is InChI=1S/C23H22N2O3/c26-22(25-18-8-9-19(25)14-24-11-10-18)17-6-3-5-15(12-17)20-13-16-4-1-2-7-21(16)28-23(20)27/h1-7,12-13,18-19,24H,8-11,14H2/t18-,19+/m1/s1. The third-order valence-electron chi connectivity index (χ3n) is 5.95.